The van der Waals surface area contributed by atoms with Crippen molar-refractivity contribution in [2.24, 2.45) is 11.1 Å². The predicted octanol–water partition coefficient (Wildman–Crippen LogP) is 3.77. The minimum Gasteiger partial charge on any atom is -0.435 e. The molecule has 3 unspecified atom stereocenters. The van der Waals surface area contributed by atoms with Gasteiger partial charge in [0.1, 0.15) is 6.04 Å². The average Bonchev–Trinajstić information content (AvgIpc) is 3.03. The number of carboxylic acid groups (broad SMARTS) is 1. The molecule has 172 valence electrons. The Bertz CT molecular complexity index is 635. The number of nitrogens with zero attached hydrogens (tertiary/aromatic N) is 1. The average molecular weight is 448 g/mol. The number of quaternary nitrogens is 1. The number of unbranched alkanes of at least 4 members (excludes halogenated alkanes) is 3. The maximum absolute atomic E-state index is 12.7. The van der Waals surface area contributed by atoms with Gasteiger partial charge in [-0.2, -0.15) is 9.28 Å². The van der Waals surface area contributed by atoms with Crippen LogP contribution in [0.2, 0.25) is 0 Å². The quantitative estimate of drug-likeness (QED) is 0.160. The lowest BCUT2D eigenvalue weighted by Gasteiger charge is -2.27. The molecule has 1 fully saturated rings. The summed E-state index contributed by atoms with van der Waals surface area (Å²) in [6.45, 7) is 7.60. The fourth-order valence-corrected chi connectivity index (χ4v) is 4.44. The summed E-state index contributed by atoms with van der Waals surface area (Å²) in [5.74, 6) is -1.14. The number of likely N-dealkylation sites (tertiary alicyclic amines) is 1. The summed E-state index contributed by atoms with van der Waals surface area (Å²) >= 11 is 0. The number of esters is 1. The predicted molar refractivity (Wildman–Crippen MR) is 112 cm³/mol. The number of carbonyl (C=O) groups excluding carboxylic acids is 2. The molecule has 3 N–H and O–H groups in total. The van der Waals surface area contributed by atoms with Gasteiger partial charge in [-0.25, -0.2) is 4.79 Å². The molecule has 0 radical (unpaired) electrons. The van der Waals surface area contributed by atoms with Gasteiger partial charge in [0.05, 0.1) is 12.0 Å². The number of hydrogen-bond donors (Lipinski definition) is 2. The molecule has 1 aliphatic heterocycles. The van der Waals surface area contributed by atoms with Gasteiger partial charge in [-0.1, -0.05) is 12.8 Å². The van der Waals surface area contributed by atoms with Crippen LogP contribution in [-0.2, 0) is 23.4 Å². The summed E-state index contributed by atoms with van der Waals surface area (Å²) in [7, 11) is -2.52. The third kappa shape index (κ3) is 7.38. The third-order valence-corrected chi connectivity index (χ3v) is 6.41. The largest absolute Gasteiger partial charge is 0.526 e. The lowest BCUT2D eigenvalue weighted by atomic mass is 9.97. The molecule has 1 saturated heterocycles. The fraction of sp³-hybridized carbons (Fsp3) is 0.850. The highest BCUT2D eigenvalue weighted by Crippen LogP contribution is 2.34. The van der Waals surface area contributed by atoms with Gasteiger partial charge < -0.3 is 15.6 Å². The van der Waals surface area contributed by atoms with Gasteiger partial charge in [0.25, 0.3) is 12.5 Å². The van der Waals surface area contributed by atoms with Gasteiger partial charge >= 0.3 is 26.0 Å². The van der Waals surface area contributed by atoms with E-state index in [2.05, 4.69) is 0 Å². The van der Waals surface area contributed by atoms with Gasteiger partial charge in [0.15, 0.2) is 0 Å². The van der Waals surface area contributed by atoms with E-state index in [-0.39, 0.29) is 12.6 Å². The fourth-order valence-electron chi connectivity index (χ4n) is 3.48. The first kappa shape index (κ1) is 26.6. The van der Waals surface area contributed by atoms with Crippen molar-refractivity contribution in [3.05, 3.63) is 0 Å². The highest BCUT2D eigenvalue weighted by molar-refractivity contribution is 7.40. The zero-order valence-electron chi connectivity index (χ0n) is 18.6. The van der Waals surface area contributed by atoms with Gasteiger partial charge in [-0.05, 0) is 51.6 Å². The van der Waals surface area contributed by atoms with E-state index in [1.807, 2.05) is 0 Å². The first-order valence-corrected chi connectivity index (χ1v) is 12.0. The van der Waals surface area contributed by atoms with Gasteiger partial charge in [-0.3, -0.25) is 4.79 Å². The summed E-state index contributed by atoms with van der Waals surface area (Å²) in [6.07, 6.45) is 2.14. The van der Waals surface area contributed by atoms with Gasteiger partial charge in [0, 0.05) is 19.3 Å². The van der Waals surface area contributed by atoms with Crippen molar-refractivity contribution in [2.45, 2.75) is 85.0 Å². The maximum Gasteiger partial charge on any atom is 0.526 e. The van der Waals surface area contributed by atoms with E-state index in [0.29, 0.717) is 32.2 Å². The Balaban J connectivity index is 2.76. The second kappa shape index (κ2) is 11.8. The van der Waals surface area contributed by atoms with Crippen molar-refractivity contribution < 1.29 is 37.8 Å². The smallest absolute Gasteiger partial charge is 0.435 e. The minimum absolute atomic E-state index is 0.183. The highest BCUT2D eigenvalue weighted by atomic mass is 31.1. The molecule has 9 nitrogen and oxygen atoms in total. The van der Waals surface area contributed by atoms with Crippen molar-refractivity contribution in [3.63, 3.8) is 0 Å². The standard InChI is InChI=1S/C20H36N2O7P/c1-15-10-9-13-22(15,19(25)26)16(23)14-30(27)29-17(11-7-5-6-8-12-21)28-18(24)20(2,3)4/h15,17H,5-14,21H2,1-4H3/q+1/p+1/t15-,17?,22?/m1/s1. The molecule has 0 aromatic heterocycles. The first-order valence-electron chi connectivity index (χ1n) is 10.6. The monoisotopic (exact) mass is 448 g/mol. The van der Waals surface area contributed by atoms with Crippen LogP contribution in [0.3, 0.4) is 0 Å². The lowest BCUT2D eigenvalue weighted by Crippen LogP contribution is -2.59. The van der Waals surface area contributed by atoms with Crippen LogP contribution in [0.4, 0.5) is 4.79 Å². The Labute approximate surface area is 179 Å². The molecule has 0 aromatic carbocycles. The summed E-state index contributed by atoms with van der Waals surface area (Å²) in [6, 6.07) is -0.379. The second-order valence-corrected chi connectivity index (χ2v) is 10.1. The van der Waals surface area contributed by atoms with Gasteiger partial charge in [-0.15, -0.1) is 4.52 Å². The molecule has 30 heavy (non-hydrogen) atoms. The van der Waals surface area contributed by atoms with Crippen LogP contribution in [0, 0.1) is 5.41 Å². The molecule has 1 rings (SSSR count). The number of ether oxygens (including phenoxy) is 1. The molecular formula is C20H37N2O7P+2. The van der Waals surface area contributed by atoms with E-state index < -0.39 is 48.3 Å². The number of carbonyl (C=O) groups is 3. The van der Waals surface area contributed by atoms with E-state index in [1.165, 1.54) is 0 Å². The molecule has 4 atom stereocenters. The third-order valence-electron chi connectivity index (χ3n) is 5.42. The highest BCUT2D eigenvalue weighted by Gasteiger charge is 2.55. The Morgan fingerprint density at radius 3 is 2.33 bits per heavy atom. The van der Waals surface area contributed by atoms with Crippen LogP contribution in [0.1, 0.15) is 72.6 Å². The van der Waals surface area contributed by atoms with Crippen molar-refractivity contribution in [2.75, 3.05) is 19.3 Å². The minimum atomic E-state index is -2.52. The first-order chi connectivity index (χ1) is 13.9. The second-order valence-electron chi connectivity index (χ2n) is 8.93. The number of imide groups is 1. The Hall–Kier alpha value is -1.41. The Morgan fingerprint density at radius 1 is 1.20 bits per heavy atom. The SMILES string of the molecule is C[C@@H]1CCC[N+]1(C(=O)O)C(=O)C[P+](=O)OC(CCCCCCN)OC(=O)C(C)(C)C. The van der Waals surface area contributed by atoms with Crippen LogP contribution in [0.25, 0.3) is 0 Å². The number of rotatable bonds is 11. The van der Waals surface area contributed by atoms with E-state index in [0.717, 1.165) is 19.3 Å². The summed E-state index contributed by atoms with van der Waals surface area (Å²) in [4.78, 5) is 36.8. The van der Waals surface area contributed by atoms with E-state index in [1.54, 1.807) is 27.7 Å². The molecule has 0 spiro atoms. The normalized spacial score (nSPS) is 23.1. The summed E-state index contributed by atoms with van der Waals surface area (Å²) in [5.41, 5.74) is 4.72. The van der Waals surface area contributed by atoms with E-state index in [4.69, 9.17) is 15.0 Å². The zero-order chi connectivity index (χ0) is 22.9. The summed E-state index contributed by atoms with van der Waals surface area (Å²) < 4.78 is 22.6. The molecule has 0 bridgehead atoms. The molecular weight excluding hydrogens is 411 g/mol. The van der Waals surface area contributed by atoms with Crippen LogP contribution in [-0.4, -0.2) is 59.1 Å². The molecule has 2 amide bonds. The van der Waals surface area contributed by atoms with Crippen LogP contribution < -0.4 is 5.73 Å². The van der Waals surface area contributed by atoms with Gasteiger partial charge in [0.2, 0.25) is 0 Å². The summed E-state index contributed by atoms with van der Waals surface area (Å²) in [5, 5.41) is 9.63. The molecule has 1 heterocycles. The van der Waals surface area contributed by atoms with Crippen LogP contribution in [0.5, 0.6) is 0 Å². The number of hydrogen-bond acceptors (Lipinski definition) is 7. The molecule has 0 aromatic rings. The Morgan fingerprint density at radius 2 is 1.83 bits per heavy atom. The molecule has 0 aliphatic carbocycles. The lowest BCUT2D eigenvalue weighted by molar-refractivity contribution is -0.791. The van der Waals surface area contributed by atoms with Crippen molar-refractivity contribution in [1.29, 1.82) is 0 Å². The molecule has 0 saturated carbocycles. The zero-order valence-corrected chi connectivity index (χ0v) is 19.5. The van der Waals surface area contributed by atoms with E-state index in [9.17, 15) is 24.1 Å². The van der Waals surface area contributed by atoms with Crippen molar-refractivity contribution >= 4 is 26.0 Å². The van der Waals surface area contributed by atoms with Crippen LogP contribution >= 0.6 is 8.03 Å². The number of amides is 2. The van der Waals surface area contributed by atoms with Crippen LogP contribution in [0.15, 0.2) is 0 Å². The topological polar surface area (TPSA) is 133 Å². The Kier molecular flexibility index (Phi) is 10.5. The molecule has 10 heteroatoms. The van der Waals surface area contributed by atoms with E-state index >= 15 is 0 Å². The van der Waals surface area contributed by atoms with Crippen molar-refractivity contribution in [3.8, 4) is 0 Å². The van der Waals surface area contributed by atoms with Crippen molar-refractivity contribution in [1.82, 2.24) is 0 Å². The maximum atomic E-state index is 12.7. The molecule has 1 aliphatic rings. The number of nitrogens with two attached hydrogens (primary N) is 1.